The van der Waals surface area contributed by atoms with Crippen LogP contribution in [0, 0.1) is 5.95 Å². The molecule has 0 aromatic carbocycles. The molecule has 1 aromatic heterocycles. The minimum Gasteiger partial charge on any atom is -0.383 e. The zero-order chi connectivity index (χ0) is 13.5. The highest BCUT2D eigenvalue weighted by molar-refractivity contribution is 5.92. The highest BCUT2D eigenvalue weighted by Gasteiger charge is 2.21. The second-order valence-corrected chi connectivity index (χ2v) is 4.09. The minimum atomic E-state index is -0.642. The smallest absolute Gasteiger partial charge is 0.272 e. The molecule has 1 heterocycles. The Balaban J connectivity index is 2.87. The Morgan fingerprint density at radius 3 is 2.83 bits per heavy atom. The van der Waals surface area contributed by atoms with E-state index in [9.17, 15) is 9.18 Å². The van der Waals surface area contributed by atoms with E-state index >= 15 is 0 Å². The molecule has 0 bridgehead atoms. The van der Waals surface area contributed by atoms with Crippen LogP contribution < -0.4 is 0 Å². The van der Waals surface area contributed by atoms with Crippen molar-refractivity contribution in [2.24, 2.45) is 0 Å². The van der Waals surface area contributed by atoms with Crippen molar-refractivity contribution in [2.75, 3.05) is 20.3 Å². The molecule has 4 nitrogen and oxygen atoms in total. The van der Waals surface area contributed by atoms with Crippen molar-refractivity contribution in [3.05, 3.63) is 29.8 Å². The summed E-state index contributed by atoms with van der Waals surface area (Å²) in [6.45, 7) is 4.87. The monoisotopic (exact) mass is 254 g/mol. The Bertz CT molecular complexity index is 398. The van der Waals surface area contributed by atoms with Gasteiger partial charge in [-0.3, -0.25) is 4.79 Å². The summed E-state index contributed by atoms with van der Waals surface area (Å²) in [6, 6.07) is 4.30. The normalized spacial score (nSPS) is 12.2. The number of carbonyl (C=O) groups is 1. The quantitative estimate of drug-likeness (QED) is 0.730. The fourth-order valence-corrected chi connectivity index (χ4v) is 1.61. The maximum absolute atomic E-state index is 13.0. The predicted molar refractivity (Wildman–Crippen MR) is 66.9 cm³/mol. The summed E-state index contributed by atoms with van der Waals surface area (Å²) in [6.07, 6.45) is 0.824. The minimum absolute atomic E-state index is 0.0673. The SMILES string of the molecule is CCC(C)N(CCOC)C(=O)c1cccc(F)n1. The lowest BCUT2D eigenvalue weighted by Gasteiger charge is -2.28. The van der Waals surface area contributed by atoms with Crippen LogP contribution in [0.5, 0.6) is 0 Å². The molecule has 0 aliphatic heterocycles. The van der Waals surface area contributed by atoms with Gasteiger partial charge in [0.15, 0.2) is 0 Å². The zero-order valence-electron chi connectivity index (χ0n) is 11.0. The molecular formula is C13H19FN2O2. The van der Waals surface area contributed by atoms with Crippen LogP contribution in [0.1, 0.15) is 30.8 Å². The highest BCUT2D eigenvalue weighted by Crippen LogP contribution is 2.09. The zero-order valence-corrected chi connectivity index (χ0v) is 11.0. The van der Waals surface area contributed by atoms with Crippen LogP contribution >= 0.6 is 0 Å². The molecule has 0 fully saturated rings. The van der Waals surface area contributed by atoms with E-state index < -0.39 is 5.95 Å². The second-order valence-electron chi connectivity index (χ2n) is 4.09. The number of nitrogens with zero attached hydrogens (tertiary/aromatic N) is 2. The molecule has 100 valence electrons. The van der Waals surface area contributed by atoms with Gasteiger partial charge in [0, 0.05) is 19.7 Å². The second kappa shape index (κ2) is 7.06. The third-order valence-corrected chi connectivity index (χ3v) is 2.85. The van der Waals surface area contributed by atoms with Crippen molar-refractivity contribution >= 4 is 5.91 Å². The van der Waals surface area contributed by atoms with E-state index in [1.54, 1.807) is 12.0 Å². The van der Waals surface area contributed by atoms with Crippen LogP contribution in [0.4, 0.5) is 4.39 Å². The third kappa shape index (κ3) is 3.77. The van der Waals surface area contributed by atoms with Crippen LogP contribution in [0.3, 0.4) is 0 Å². The van der Waals surface area contributed by atoms with E-state index in [1.165, 1.54) is 18.2 Å². The average molecular weight is 254 g/mol. The summed E-state index contributed by atoms with van der Waals surface area (Å²) >= 11 is 0. The van der Waals surface area contributed by atoms with Crippen molar-refractivity contribution in [3.63, 3.8) is 0 Å². The first-order chi connectivity index (χ1) is 8.60. The average Bonchev–Trinajstić information content (AvgIpc) is 2.38. The molecule has 0 N–H and O–H groups in total. The number of methoxy groups -OCH3 is 1. The molecule has 0 saturated heterocycles. The summed E-state index contributed by atoms with van der Waals surface area (Å²) in [4.78, 5) is 17.5. The fourth-order valence-electron chi connectivity index (χ4n) is 1.61. The molecule has 0 radical (unpaired) electrons. The molecule has 5 heteroatoms. The van der Waals surface area contributed by atoms with E-state index in [2.05, 4.69) is 4.98 Å². The fraction of sp³-hybridized carbons (Fsp3) is 0.538. The molecule has 1 unspecified atom stereocenters. The lowest BCUT2D eigenvalue weighted by molar-refractivity contribution is 0.0607. The van der Waals surface area contributed by atoms with Crippen molar-refractivity contribution in [1.82, 2.24) is 9.88 Å². The molecule has 0 aliphatic carbocycles. The predicted octanol–water partition coefficient (Wildman–Crippen LogP) is 2.11. The van der Waals surface area contributed by atoms with Crippen LogP contribution in [-0.2, 0) is 4.74 Å². The summed E-state index contributed by atoms with van der Waals surface area (Å²) in [5.41, 5.74) is 0.131. The van der Waals surface area contributed by atoms with E-state index in [1.807, 2.05) is 13.8 Å². The summed E-state index contributed by atoms with van der Waals surface area (Å²) in [5, 5.41) is 0. The number of rotatable bonds is 6. The number of carbonyl (C=O) groups excluding carboxylic acids is 1. The van der Waals surface area contributed by atoms with E-state index in [4.69, 9.17) is 4.74 Å². The molecule has 0 spiro atoms. The number of hydrogen-bond acceptors (Lipinski definition) is 3. The molecule has 18 heavy (non-hydrogen) atoms. The van der Waals surface area contributed by atoms with Crippen molar-refractivity contribution in [3.8, 4) is 0 Å². The van der Waals surface area contributed by atoms with Gasteiger partial charge in [0.1, 0.15) is 5.69 Å². The van der Waals surface area contributed by atoms with Gasteiger partial charge in [-0.25, -0.2) is 4.98 Å². The van der Waals surface area contributed by atoms with Gasteiger partial charge in [-0.05, 0) is 25.5 Å². The molecule has 1 aromatic rings. The maximum atomic E-state index is 13.0. The van der Waals surface area contributed by atoms with Crippen molar-refractivity contribution < 1.29 is 13.9 Å². The largest absolute Gasteiger partial charge is 0.383 e. The molecule has 1 amide bonds. The van der Waals surface area contributed by atoms with Crippen molar-refractivity contribution in [2.45, 2.75) is 26.3 Å². The highest BCUT2D eigenvalue weighted by atomic mass is 19.1. The Morgan fingerprint density at radius 1 is 1.56 bits per heavy atom. The molecule has 1 rings (SSSR count). The lowest BCUT2D eigenvalue weighted by atomic mass is 10.2. The number of pyridine rings is 1. The van der Waals surface area contributed by atoms with Gasteiger partial charge < -0.3 is 9.64 Å². The Labute approximate surface area is 107 Å². The third-order valence-electron chi connectivity index (χ3n) is 2.85. The Morgan fingerprint density at radius 2 is 2.28 bits per heavy atom. The van der Waals surface area contributed by atoms with Gasteiger partial charge in [0.2, 0.25) is 5.95 Å². The Kier molecular flexibility index (Phi) is 5.71. The van der Waals surface area contributed by atoms with Crippen LogP contribution in [0.15, 0.2) is 18.2 Å². The topological polar surface area (TPSA) is 42.4 Å². The molecular weight excluding hydrogens is 235 g/mol. The molecule has 1 atom stereocenters. The number of ether oxygens (including phenoxy) is 1. The maximum Gasteiger partial charge on any atom is 0.272 e. The van der Waals surface area contributed by atoms with Crippen LogP contribution in [-0.4, -0.2) is 42.1 Å². The standard InChI is InChI=1S/C13H19FN2O2/c1-4-10(2)16(8-9-18-3)13(17)11-6-5-7-12(14)15-11/h5-7,10H,4,8-9H2,1-3H3. The first kappa shape index (κ1) is 14.6. The first-order valence-electron chi connectivity index (χ1n) is 6.02. The van der Waals surface area contributed by atoms with Gasteiger partial charge in [-0.15, -0.1) is 0 Å². The van der Waals surface area contributed by atoms with E-state index in [0.717, 1.165) is 6.42 Å². The summed E-state index contributed by atoms with van der Waals surface area (Å²) in [7, 11) is 1.58. The van der Waals surface area contributed by atoms with Crippen LogP contribution in [0.2, 0.25) is 0 Å². The number of halogens is 1. The van der Waals surface area contributed by atoms with Gasteiger partial charge in [-0.1, -0.05) is 13.0 Å². The Hall–Kier alpha value is -1.49. The van der Waals surface area contributed by atoms with Gasteiger partial charge in [-0.2, -0.15) is 4.39 Å². The lowest BCUT2D eigenvalue weighted by Crippen LogP contribution is -2.40. The first-order valence-corrected chi connectivity index (χ1v) is 6.02. The summed E-state index contributed by atoms with van der Waals surface area (Å²) in [5.74, 6) is -0.905. The van der Waals surface area contributed by atoms with Crippen LogP contribution in [0.25, 0.3) is 0 Å². The van der Waals surface area contributed by atoms with E-state index in [0.29, 0.717) is 13.2 Å². The number of aromatic nitrogens is 1. The van der Waals surface area contributed by atoms with Gasteiger partial charge in [0.05, 0.1) is 6.61 Å². The molecule has 0 aliphatic rings. The van der Waals surface area contributed by atoms with E-state index in [-0.39, 0.29) is 17.6 Å². The molecule has 0 saturated carbocycles. The number of amides is 1. The number of hydrogen-bond donors (Lipinski definition) is 0. The summed E-state index contributed by atoms with van der Waals surface area (Å²) < 4.78 is 18.0. The van der Waals surface area contributed by atoms with Gasteiger partial charge in [0.25, 0.3) is 5.91 Å². The van der Waals surface area contributed by atoms with Crippen molar-refractivity contribution in [1.29, 1.82) is 0 Å². The van der Waals surface area contributed by atoms with Gasteiger partial charge >= 0.3 is 0 Å².